The zero-order valence-corrected chi connectivity index (χ0v) is 19.8. The lowest BCUT2D eigenvalue weighted by Gasteiger charge is -2.39. The highest BCUT2D eigenvalue weighted by molar-refractivity contribution is 5.86. The Bertz CT molecular complexity index is 1120. The third-order valence-corrected chi connectivity index (χ3v) is 7.17. The quantitative estimate of drug-likeness (QED) is 0.668. The predicted octanol–water partition coefficient (Wildman–Crippen LogP) is 2.67. The van der Waals surface area contributed by atoms with Gasteiger partial charge in [-0.25, -0.2) is 9.59 Å². The van der Waals surface area contributed by atoms with Crippen LogP contribution in [0.4, 0.5) is 23.7 Å². The first-order chi connectivity index (χ1) is 17.2. The van der Waals surface area contributed by atoms with Crippen LogP contribution < -0.4 is 4.90 Å². The number of carboxylic acid groups (broad SMARTS) is 1. The van der Waals surface area contributed by atoms with Gasteiger partial charge >= 0.3 is 18.2 Å². The fourth-order valence-corrected chi connectivity index (χ4v) is 4.96. The number of carbonyl (C=O) groups is 2. The molecule has 194 valence electrons. The number of aromatic carboxylic acids is 1. The van der Waals surface area contributed by atoms with Crippen LogP contribution in [0.25, 0.3) is 0 Å². The fourth-order valence-electron chi connectivity index (χ4n) is 4.96. The highest BCUT2D eigenvalue weighted by Gasteiger charge is 2.34. The Morgan fingerprint density at radius 3 is 2.25 bits per heavy atom. The van der Waals surface area contributed by atoms with E-state index in [0.717, 1.165) is 29.4 Å². The summed E-state index contributed by atoms with van der Waals surface area (Å²) in [4.78, 5) is 31.9. The molecule has 12 heteroatoms. The largest absolute Gasteiger partial charge is 0.476 e. The molecule has 5 rings (SSSR count). The highest BCUT2D eigenvalue weighted by Crippen LogP contribution is 2.35. The molecule has 0 bridgehead atoms. The molecule has 2 saturated heterocycles. The average molecular weight is 507 g/mol. The number of anilines is 1. The number of alkyl halides is 3. The third-order valence-electron chi connectivity index (χ3n) is 7.17. The van der Waals surface area contributed by atoms with Gasteiger partial charge in [0.25, 0.3) is 0 Å². The Morgan fingerprint density at radius 1 is 0.972 bits per heavy atom. The van der Waals surface area contributed by atoms with E-state index in [1.807, 2.05) is 0 Å². The summed E-state index contributed by atoms with van der Waals surface area (Å²) in [6.45, 7) is 5.54. The van der Waals surface area contributed by atoms with E-state index in [0.29, 0.717) is 57.5 Å². The van der Waals surface area contributed by atoms with Gasteiger partial charge in [-0.2, -0.15) is 23.0 Å². The molecule has 1 aromatic carbocycles. The molecule has 1 saturated carbocycles. The number of hydrogen-bond acceptors (Lipinski definition) is 6. The van der Waals surface area contributed by atoms with Crippen molar-refractivity contribution in [2.24, 2.45) is 0 Å². The zero-order chi connectivity index (χ0) is 25.4. The highest BCUT2D eigenvalue weighted by atomic mass is 19.4. The predicted molar refractivity (Wildman–Crippen MR) is 125 cm³/mol. The van der Waals surface area contributed by atoms with Crippen LogP contribution in [0.15, 0.2) is 30.5 Å². The number of carbonyl (C=O) groups excluding carboxylic acids is 1. The van der Waals surface area contributed by atoms with Gasteiger partial charge in [-0.05, 0) is 36.6 Å². The van der Waals surface area contributed by atoms with Gasteiger partial charge in [0.2, 0.25) is 0 Å². The molecule has 0 radical (unpaired) electrons. The number of benzene rings is 1. The van der Waals surface area contributed by atoms with Crippen molar-refractivity contribution in [1.29, 1.82) is 0 Å². The average Bonchev–Trinajstić information content (AvgIpc) is 3.59. The fraction of sp³-hybridized carbons (Fsp3) is 0.542. The molecule has 3 aliphatic rings. The van der Waals surface area contributed by atoms with Crippen LogP contribution in [-0.4, -0.2) is 100.0 Å². The van der Waals surface area contributed by atoms with E-state index in [1.165, 1.54) is 31.2 Å². The molecule has 0 unspecified atom stereocenters. The van der Waals surface area contributed by atoms with Crippen molar-refractivity contribution in [3.63, 3.8) is 0 Å². The van der Waals surface area contributed by atoms with Crippen LogP contribution in [0, 0.1) is 0 Å². The first-order valence-corrected chi connectivity index (χ1v) is 12.2. The first-order valence-electron chi connectivity index (χ1n) is 12.2. The maximum Gasteiger partial charge on any atom is 0.416 e. The molecule has 0 atom stereocenters. The van der Waals surface area contributed by atoms with E-state index in [9.17, 15) is 22.8 Å². The van der Waals surface area contributed by atoms with Gasteiger partial charge < -0.3 is 14.9 Å². The molecule has 2 aliphatic heterocycles. The van der Waals surface area contributed by atoms with Crippen LogP contribution in [0.5, 0.6) is 0 Å². The lowest BCUT2D eigenvalue weighted by atomic mass is 10.1. The number of nitrogens with zero attached hydrogens (tertiary/aromatic N) is 6. The third kappa shape index (κ3) is 5.34. The van der Waals surface area contributed by atoms with Gasteiger partial charge in [-0.15, -0.1) is 0 Å². The van der Waals surface area contributed by atoms with Crippen molar-refractivity contribution in [1.82, 2.24) is 24.5 Å². The Balaban J connectivity index is 1.24. The number of amides is 1. The molecule has 0 spiro atoms. The summed E-state index contributed by atoms with van der Waals surface area (Å²) in [7, 11) is 0. The minimum absolute atomic E-state index is 0.199. The van der Waals surface area contributed by atoms with Crippen molar-refractivity contribution in [3.05, 3.63) is 47.3 Å². The van der Waals surface area contributed by atoms with Crippen LogP contribution in [-0.2, 0) is 12.7 Å². The van der Waals surface area contributed by atoms with Gasteiger partial charge in [0, 0.05) is 76.8 Å². The van der Waals surface area contributed by atoms with Crippen molar-refractivity contribution in [3.8, 4) is 0 Å². The van der Waals surface area contributed by atoms with Gasteiger partial charge in [0.05, 0.1) is 5.56 Å². The number of carboxylic acids is 1. The molecular formula is C24H29F3N6O3. The molecule has 3 heterocycles. The molecular weight excluding hydrogens is 477 g/mol. The SMILES string of the molecule is O=C(O)c1ccn(C(=O)N2CCN(Cc3ccc(C(F)(F)F)cc3N3CCN(C4CC4)CC3)CC2)n1. The normalized spacial score (nSPS) is 20.1. The van der Waals surface area contributed by atoms with E-state index >= 15 is 0 Å². The monoisotopic (exact) mass is 506 g/mol. The molecule has 2 aromatic rings. The van der Waals surface area contributed by atoms with Gasteiger partial charge in [-0.1, -0.05) is 6.07 Å². The minimum Gasteiger partial charge on any atom is -0.476 e. The first kappa shape index (κ1) is 24.6. The second-order valence-electron chi connectivity index (χ2n) is 9.59. The van der Waals surface area contributed by atoms with Crippen LogP contribution >= 0.6 is 0 Å². The summed E-state index contributed by atoms with van der Waals surface area (Å²) in [6.07, 6.45) is -0.646. The molecule has 1 N–H and O–H groups in total. The van der Waals surface area contributed by atoms with Gasteiger partial charge in [0.15, 0.2) is 5.69 Å². The molecule has 3 fully saturated rings. The van der Waals surface area contributed by atoms with Crippen molar-refractivity contribution in [2.45, 2.75) is 31.6 Å². The topological polar surface area (TPSA) is 85.1 Å². The number of aromatic nitrogens is 2. The number of halogens is 3. The lowest BCUT2D eigenvalue weighted by Crippen LogP contribution is -2.50. The number of hydrogen-bond donors (Lipinski definition) is 1. The Morgan fingerprint density at radius 2 is 1.67 bits per heavy atom. The summed E-state index contributed by atoms with van der Waals surface area (Å²) >= 11 is 0. The van der Waals surface area contributed by atoms with Crippen molar-refractivity contribution >= 4 is 17.7 Å². The van der Waals surface area contributed by atoms with E-state index < -0.39 is 23.7 Å². The van der Waals surface area contributed by atoms with Crippen molar-refractivity contribution < 1.29 is 27.9 Å². The number of piperazine rings is 2. The summed E-state index contributed by atoms with van der Waals surface area (Å²) in [5, 5.41) is 12.8. The van der Waals surface area contributed by atoms with Gasteiger partial charge in [-0.3, -0.25) is 9.80 Å². The molecule has 1 aliphatic carbocycles. The second kappa shape index (κ2) is 9.74. The van der Waals surface area contributed by atoms with E-state index in [1.54, 1.807) is 11.0 Å². The standard InChI is InChI=1S/C24H29F3N6O3/c25-24(26,27)18-2-1-17(21(15-18)31-13-11-30(12-14-31)19-3-4-19)16-29-7-9-32(10-8-29)23(36)33-6-5-20(28-33)22(34)35/h1-2,5-6,15,19H,3-4,7-14,16H2,(H,34,35). The van der Waals surface area contributed by atoms with Crippen LogP contribution in [0.1, 0.15) is 34.5 Å². The molecule has 36 heavy (non-hydrogen) atoms. The summed E-state index contributed by atoms with van der Waals surface area (Å²) in [5.74, 6) is -1.20. The number of rotatable bonds is 5. The zero-order valence-electron chi connectivity index (χ0n) is 19.8. The summed E-state index contributed by atoms with van der Waals surface area (Å²) < 4.78 is 41.5. The Kier molecular flexibility index (Phi) is 6.64. The maximum absolute atomic E-state index is 13.5. The van der Waals surface area contributed by atoms with E-state index in [-0.39, 0.29) is 5.69 Å². The maximum atomic E-state index is 13.5. The Hall–Kier alpha value is -3.12. The smallest absolute Gasteiger partial charge is 0.416 e. The summed E-state index contributed by atoms with van der Waals surface area (Å²) in [6, 6.07) is 5.53. The molecule has 1 amide bonds. The lowest BCUT2D eigenvalue weighted by molar-refractivity contribution is -0.137. The van der Waals surface area contributed by atoms with E-state index in [2.05, 4.69) is 19.8 Å². The van der Waals surface area contributed by atoms with E-state index in [4.69, 9.17) is 5.11 Å². The Labute approximate surface area is 206 Å². The summed E-state index contributed by atoms with van der Waals surface area (Å²) in [5.41, 5.74) is 0.647. The molecule has 9 nitrogen and oxygen atoms in total. The second-order valence-corrected chi connectivity index (χ2v) is 9.59. The minimum atomic E-state index is -4.40. The molecule has 1 aromatic heterocycles. The van der Waals surface area contributed by atoms with Crippen molar-refractivity contribution in [2.75, 3.05) is 57.3 Å². The van der Waals surface area contributed by atoms with Gasteiger partial charge in [0.1, 0.15) is 0 Å². The van der Waals surface area contributed by atoms with Crippen LogP contribution in [0.2, 0.25) is 0 Å². The van der Waals surface area contributed by atoms with Crippen LogP contribution in [0.3, 0.4) is 0 Å².